The maximum absolute atomic E-state index is 5.76. The van der Waals surface area contributed by atoms with Crippen molar-refractivity contribution in [3.8, 4) is 0 Å². The molecule has 0 aliphatic heterocycles. The van der Waals surface area contributed by atoms with Gasteiger partial charge in [0.05, 0.1) is 11.0 Å². The van der Waals surface area contributed by atoms with Gasteiger partial charge in [0.15, 0.2) is 0 Å². The topological polar surface area (TPSA) is 77.8 Å². The van der Waals surface area contributed by atoms with E-state index in [1.165, 1.54) is 0 Å². The number of anilines is 2. The quantitative estimate of drug-likeness (QED) is 0.234. The van der Waals surface area contributed by atoms with Crippen LogP contribution in [0.4, 0.5) is 11.4 Å². The maximum Gasteiger partial charge on any atom is 0.0706 e. The van der Waals surface area contributed by atoms with Gasteiger partial charge in [-0.15, -0.1) is 0 Å². The molecule has 136 valence electrons. The number of nitrogens with zero attached hydrogens (tertiary/aromatic N) is 2. The van der Waals surface area contributed by atoms with E-state index >= 15 is 0 Å². The van der Waals surface area contributed by atoms with E-state index in [0.29, 0.717) is 0 Å². The Bertz CT molecular complexity index is 976. The van der Waals surface area contributed by atoms with Gasteiger partial charge in [-0.05, 0) is 63.9 Å². The number of rotatable bonds is 0. The maximum atomic E-state index is 5.76. The van der Waals surface area contributed by atoms with Crippen molar-refractivity contribution in [2.45, 2.75) is 14.4 Å². The summed E-state index contributed by atoms with van der Waals surface area (Å²) in [5.74, 6) is 0. The Hall–Kier alpha value is -2.12. The number of benzene rings is 2. The molecule has 0 amide bonds. The largest absolute Gasteiger partial charge is 0.399 e. The number of nitrogens with two attached hydrogens (primary N) is 2. The lowest BCUT2D eigenvalue weighted by Gasteiger charge is -2.03. The zero-order chi connectivity index (χ0) is 18.2. The predicted molar refractivity (Wildman–Crippen MR) is 124 cm³/mol. The predicted octanol–water partition coefficient (Wildman–Crippen LogP) is 6.15. The van der Waals surface area contributed by atoms with E-state index in [4.69, 9.17) is 11.5 Å². The summed E-state index contributed by atoms with van der Waals surface area (Å²) >= 11 is 1.62. The summed E-state index contributed by atoms with van der Waals surface area (Å²) < 4.78 is 0. The minimum absolute atomic E-state index is 0. The highest BCUT2D eigenvalue weighted by atomic mass is 127. The second-order valence-electron chi connectivity index (χ2n) is 5.31. The van der Waals surface area contributed by atoms with Crippen LogP contribution in [-0.2, 0) is 0 Å². The lowest BCUT2D eigenvalue weighted by molar-refractivity contribution is 1.39. The molecule has 2 heterocycles. The second kappa shape index (κ2) is 10.8. The third-order valence-corrected chi connectivity index (χ3v) is 3.72. The van der Waals surface area contributed by atoms with Gasteiger partial charge in [0.2, 0.25) is 0 Å². The highest BCUT2D eigenvalue weighted by Gasteiger charge is 1.99. The highest BCUT2D eigenvalue weighted by Crippen LogP contribution is 2.20. The zero-order valence-corrected chi connectivity index (χ0v) is 16.6. The van der Waals surface area contributed by atoms with E-state index in [-0.39, 0.29) is 7.43 Å². The average molecular weight is 481 g/mol. The Labute approximate surface area is 171 Å². The number of hydrogen-bond donors (Lipinski definition) is 2. The van der Waals surface area contributed by atoms with Crippen LogP contribution >= 0.6 is 30.4 Å². The fraction of sp³-hybridized carbons (Fsp3) is 0.100. The number of halogens is 2. The molecule has 2 aromatic carbocycles. The lowest BCUT2D eigenvalue weighted by atomic mass is 10.1. The number of hydrogen-bond acceptors (Lipinski definition) is 4. The van der Waals surface area contributed by atoms with Crippen molar-refractivity contribution in [1.29, 1.82) is 0 Å². The molecule has 0 aliphatic carbocycles. The fourth-order valence-electron chi connectivity index (χ4n) is 2.41. The van der Waals surface area contributed by atoms with Crippen LogP contribution in [0.3, 0.4) is 0 Å². The third-order valence-electron chi connectivity index (χ3n) is 3.72. The van der Waals surface area contributed by atoms with Crippen LogP contribution in [0.2, 0.25) is 0 Å². The Balaban J connectivity index is 0.000000230. The first-order valence-corrected chi connectivity index (χ1v) is 10.2. The van der Waals surface area contributed by atoms with Gasteiger partial charge in [0, 0.05) is 56.0 Å². The average Bonchev–Trinajstić information content (AvgIpc) is 2.67. The molecule has 4 nitrogen and oxygen atoms in total. The summed E-state index contributed by atoms with van der Waals surface area (Å²) in [6.07, 6.45) is 3.57. The zero-order valence-electron chi connectivity index (χ0n) is 13.7. The van der Waals surface area contributed by atoms with Crippen LogP contribution < -0.4 is 11.5 Å². The van der Waals surface area contributed by atoms with E-state index in [2.05, 4.69) is 18.9 Å². The number of fused-ring (bicyclic) bond motifs is 2. The van der Waals surface area contributed by atoms with Crippen molar-refractivity contribution < 1.29 is 0 Å². The monoisotopic (exact) mass is 480 g/mol. The Morgan fingerprint density at radius 3 is 2.19 bits per heavy atom. The molecule has 6 heteroatoms. The SMILES string of the molecule is C.Cc1c(N)ccc2ncccc12.ClI.Nc1ccc2ncccc2c1. The minimum Gasteiger partial charge on any atom is -0.399 e. The van der Waals surface area contributed by atoms with Crippen molar-refractivity contribution in [3.63, 3.8) is 0 Å². The van der Waals surface area contributed by atoms with Crippen LogP contribution in [0.25, 0.3) is 21.8 Å². The molecule has 4 aromatic rings. The fourth-order valence-corrected chi connectivity index (χ4v) is 2.41. The molecule has 4 rings (SSSR count). The van der Waals surface area contributed by atoms with Gasteiger partial charge in [0.25, 0.3) is 0 Å². The first-order chi connectivity index (χ1) is 12.1. The summed E-state index contributed by atoms with van der Waals surface area (Å²) in [5, 5.41) is 2.23. The number of aryl methyl sites for hydroxylation is 1. The number of nitrogen functional groups attached to an aromatic ring is 2. The van der Waals surface area contributed by atoms with Crippen LogP contribution in [-0.4, -0.2) is 9.97 Å². The first kappa shape index (κ1) is 21.9. The summed E-state index contributed by atoms with van der Waals surface area (Å²) in [5.41, 5.74) is 16.1. The molecular weight excluding hydrogens is 459 g/mol. The Morgan fingerprint density at radius 2 is 1.46 bits per heavy atom. The van der Waals surface area contributed by atoms with Gasteiger partial charge >= 0.3 is 0 Å². The molecule has 0 bridgehead atoms. The van der Waals surface area contributed by atoms with Crippen molar-refractivity contribution in [2.24, 2.45) is 0 Å². The van der Waals surface area contributed by atoms with Gasteiger partial charge in [-0.2, -0.15) is 0 Å². The van der Waals surface area contributed by atoms with Crippen molar-refractivity contribution >= 4 is 63.6 Å². The standard InChI is InChI=1S/C10H10N2.C9H8N2.CH4.ClI/c1-7-8-3-2-6-12-10(8)5-4-9(7)11;10-8-3-4-9-7(6-8)2-1-5-11-9;;1-2/h2-6H,11H2,1H3;1-6H,10H2;1H4;. The van der Waals surface area contributed by atoms with Crippen LogP contribution in [0.15, 0.2) is 67.0 Å². The molecule has 26 heavy (non-hydrogen) atoms. The molecule has 0 radical (unpaired) electrons. The van der Waals surface area contributed by atoms with Gasteiger partial charge in [-0.25, -0.2) is 0 Å². The van der Waals surface area contributed by atoms with Gasteiger partial charge in [-0.1, -0.05) is 19.6 Å². The van der Waals surface area contributed by atoms with E-state index in [0.717, 1.165) is 38.7 Å². The van der Waals surface area contributed by atoms with Gasteiger partial charge in [-0.3, -0.25) is 9.97 Å². The molecule has 0 saturated heterocycles. The van der Waals surface area contributed by atoms with Crippen LogP contribution in [0.5, 0.6) is 0 Å². The third kappa shape index (κ3) is 5.44. The van der Waals surface area contributed by atoms with Crippen LogP contribution in [0.1, 0.15) is 13.0 Å². The molecule has 0 spiro atoms. The molecular formula is C20H22ClIN4. The Morgan fingerprint density at radius 1 is 0.846 bits per heavy atom. The van der Waals surface area contributed by atoms with Crippen LogP contribution in [0, 0.1) is 6.92 Å². The second-order valence-corrected chi connectivity index (χ2v) is 5.31. The highest BCUT2D eigenvalue weighted by molar-refractivity contribution is 14.1. The Kier molecular flexibility index (Phi) is 9.09. The van der Waals surface area contributed by atoms with Gasteiger partial charge < -0.3 is 11.5 Å². The molecule has 2 aromatic heterocycles. The van der Waals surface area contributed by atoms with Crippen molar-refractivity contribution in [3.05, 3.63) is 72.6 Å². The molecule has 0 unspecified atom stereocenters. The minimum atomic E-state index is 0. The molecule has 4 N–H and O–H groups in total. The lowest BCUT2D eigenvalue weighted by Crippen LogP contribution is -1.90. The molecule has 0 fully saturated rings. The van der Waals surface area contributed by atoms with E-state index in [1.54, 1.807) is 33.9 Å². The summed E-state index contributed by atoms with van der Waals surface area (Å²) in [6, 6.07) is 17.4. The normalized spacial score (nSPS) is 9.35. The summed E-state index contributed by atoms with van der Waals surface area (Å²) in [6.45, 7) is 2.01. The summed E-state index contributed by atoms with van der Waals surface area (Å²) in [4.78, 5) is 8.39. The van der Waals surface area contributed by atoms with E-state index in [1.807, 2.05) is 61.5 Å². The first-order valence-electron chi connectivity index (χ1n) is 7.49. The smallest absolute Gasteiger partial charge is 0.0706 e. The molecule has 0 aliphatic rings. The van der Waals surface area contributed by atoms with Crippen molar-refractivity contribution in [1.82, 2.24) is 9.97 Å². The number of pyridine rings is 2. The van der Waals surface area contributed by atoms with E-state index < -0.39 is 0 Å². The van der Waals surface area contributed by atoms with Gasteiger partial charge in [0.1, 0.15) is 0 Å². The number of aromatic nitrogens is 2. The summed E-state index contributed by atoms with van der Waals surface area (Å²) in [7, 11) is 4.61. The van der Waals surface area contributed by atoms with Crippen molar-refractivity contribution in [2.75, 3.05) is 11.5 Å². The molecule has 0 saturated carbocycles. The van der Waals surface area contributed by atoms with E-state index in [9.17, 15) is 0 Å². The molecule has 0 atom stereocenters.